The molecule has 4 rings (SSSR count). The zero-order valence-corrected chi connectivity index (χ0v) is 18.9. The van der Waals surface area contributed by atoms with Crippen molar-refractivity contribution in [3.8, 4) is 11.4 Å². The summed E-state index contributed by atoms with van der Waals surface area (Å²) in [7, 11) is 0. The van der Waals surface area contributed by atoms with Crippen LogP contribution < -0.4 is 10.6 Å². The minimum Gasteiger partial charge on any atom is -0.384 e. The van der Waals surface area contributed by atoms with E-state index in [2.05, 4.69) is 57.2 Å². The van der Waals surface area contributed by atoms with Gasteiger partial charge in [0, 0.05) is 35.1 Å². The number of aryl methyl sites for hydroxylation is 1. The van der Waals surface area contributed by atoms with E-state index in [0.717, 1.165) is 58.2 Å². The van der Waals surface area contributed by atoms with Crippen LogP contribution in [0.2, 0.25) is 0 Å². The van der Waals surface area contributed by atoms with Crippen LogP contribution in [0.5, 0.6) is 0 Å². The molecule has 0 bridgehead atoms. The minimum atomic E-state index is 0.533. The molecule has 2 aromatic heterocycles. The van der Waals surface area contributed by atoms with E-state index in [1.54, 1.807) is 0 Å². The topological polar surface area (TPSA) is 65.6 Å². The second-order valence-electron chi connectivity index (χ2n) is 8.26. The number of aromatic amines is 1. The number of hydrogen-bond donors (Lipinski definition) is 3. The third-order valence-corrected chi connectivity index (χ3v) is 5.87. The predicted octanol–water partition coefficient (Wildman–Crippen LogP) is 5.01. The van der Waals surface area contributed by atoms with Crippen molar-refractivity contribution in [1.29, 1.82) is 0 Å². The van der Waals surface area contributed by atoms with Gasteiger partial charge in [0.15, 0.2) is 0 Å². The molecular weight excluding hydrogens is 394 g/mol. The normalized spacial score (nSPS) is 20.4. The molecule has 3 N–H and O–H groups in total. The number of aromatic nitrogens is 3. The first-order valence-electron chi connectivity index (χ1n) is 11.3. The van der Waals surface area contributed by atoms with E-state index in [1.165, 1.54) is 19.3 Å². The van der Waals surface area contributed by atoms with Crippen molar-refractivity contribution < 1.29 is 0 Å². The molecule has 1 fully saturated rings. The second-order valence-corrected chi connectivity index (χ2v) is 8.26. The third kappa shape index (κ3) is 5.25. The van der Waals surface area contributed by atoms with E-state index >= 15 is 0 Å². The Bertz CT molecular complexity index is 1130. The molecule has 0 spiro atoms. The van der Waals surface area contributed by atoms with Gasteiger partial charge in [-0.05, 0) is 74.7 Å². The quantitative estimate of drug-likeness (QED) is 0.570. The molecule has 1 saturated heterocycles. The molecule has 0 amide bonds. The highest BCUT2D eigenvalue weighted by atomic mass is 15.1. The van der Waals surface area contributed by atoms with Crippen LogP contribution in [0.3, 0.4) is 0 Å². The van der Waals surface area contributed by atoms with Crippen molar-refractivity contribution in [2.45, 2.75) is 39.2 Å². The summed E-state index contributed by atoms with van der Waals surface area (Å²) in [6.45, 7) is 10.3. The molecule has 2 aliphatic rings. The number of piperidine rings is 1. The van der Waals surface area contributed by atoms with Gasteiger partial charge in [0.05, 0.1) is 17.6 Å². The molecule has 0 radical (unpaired) electrons. The van der Waals surface area contributed by atoms with Crippen LogP contribution in [0.15, 0.2) is 83.9 Å². The van der Waals surface area contributed by atoms with Crippen molar-refractivity contribution in [2.75, 3.05) is 13.1 Å². The molecule has 5 heteroatoms. The molecule has 3 heterocycles. The average Bonchev–Trinajstić information content (AvgIpc) is 3.23. The zero-order chi connectivity index (χ0) is 22.3. The van der Waals surface area contributed by atoms with Crippen molar-refractivity contribution in [3.05, 3.63) is 95.2 Å². The molecule has 1 unspecified atom stereocenters. The van der Waals surface area contributed by atoms with Crippen LogP contribution in [-0.4, -0.2) is 34.3 Å². The molecule has 1 aliphatic heterocycles. The highest BCUT2D eigenvalue weighted by molar-refractivity contribution is 5.83. The molecule has 164 valence electrons. The maximum Gasteiger partial charge on any atom is 0.0919 e. The van der Waals surface area contributed by atoms with Gasteiger partial charge in [-0.2, -0.15) is 5.10 Å². The van der Waals surface area contributed by atoms with E-state index in [4.69, 9.17) is 0 Å². The zero-order valence-electron chi connectivity index (χ0n) is 18.9. The summed E-state index contributed by atoms with van der Waals surface area (Å²) in [5, 5.41) is 14.5. The van der Waals surface area contributed by atoms with Gasteiger partial charge in [0.25, 0.3) is 0 Å². The lowest BCUT2D eigenvalue weighted by molar-refractivity contribution is 0.393. The predicted molar refractivity (Wildman–Crippen MR) is 132 cm³/mol. The highest BCUT2D eigenvalue weighted by Gasteiger charge is 2.14. The van der Waals surface area contributed by atoms with E-state index in [9.17, 15) is 0 Å². The fourth-order valence-electron chi connectivity index (χ4n) is 3.99. The number of H-pyrrole nitrogens is 1. The summed E-state index contributed by atoms with van der Waals surface area (Å²) < 4.78 is 0. The summed E-state index contributed by atoms with van der Waals surface area (Å²) in [4.78, 5) is 4.64. The number of rotatable bonds is 6. The largest absolute Gasteiger partial charge is 0.384 e. The first-order valence-corrected chi connectivity index (χ1v) is 11.3. The molecule has 2 aromatic rings. The molecular formula is C27H31N5. The molecule has 5 nitrogen and oxygen atoms in total. The lowest BCUT2D eigenvalue weighted by atomic mass is 10.0. The molecule has 32 heavy (non-hydrogen) atoms. The summed E-state index contributed by atoms with van der Waals surface area (Å²) >= 11 is 0. The van der Waals surface area contributed by atoms with E-state index in [1.807, 2.05) is 49.5 Å². The van der Waals surface area contributed by atoms with Crippen molar-refractivity contribution in [1.82, 2.24) is 25.8 Å². The SMILES string of the molecule is C=C1C=CC(c2cn[nH]c2-c2cccc(C)n2)=C=C/C1=C/C(=C\C)NCC1CCCCN1. The number of nitrogens with one attached hydrogen (secondary N) is 3. The second kappa shape index (κ2) is 10.3. The van der Waals surface area contributed by atoms with Gasteiger partial charge in [0.1, 0.15) is 0 Å². The van der Waals surface area contributed by atoms with Crippen molar-refractivity contribution in [3.63, 3.8) is 0 Å². The van der Waals surface area contributed by atoms with Crippen LogP contribution in [0, 0.1) is 6.92 Å². The van der Waals surface area contributed by atoms with Gasteiger partial charge < -0.3 is 10.6 Å². The summed E-state index contributed by atoms with van der Waals surface area (Å²) in [6.07, 6.45) is 16.0. The molecule has 0 aromatic carbocycles. The van der Waals surface area contributed by atoms with Gasteiger partial charge in [0.2, 0.25) is 0 Å². The Labute approximate surface area is 190 Å². The highest BCUT2D eigenvalue weighted by Crippen LogP contribution is 2.28. The van der Waals surface area contributed by atoms with Crippen LogP contribution in [-0.2, 0) is 0 Å². The van der Waals surface area contributed by atoms with Crippen LogP contribution >= 0.6 is 0 Å². The first-order chi connectivity index (χ1) is 15.6. The van der Waals surface area contributed by atoms with Crippen LogP contribution in [0.25, 0.3) is 17.0 Å². The third-order valence-electron chi connectivity index (χ3n) is 5.87. The van der Waals surface area contributed by atoms with Gasteiger partial charge in [-0.25, -0.2) is 0 Å². The number of allylic oxidation sites excluding steroid dienone is 7. The standard InChI is InChI=1S/C27H31N5/c1-4-23(29-17-24-9-5-6-15-28-24)16-22-14-13-21(12-11-19(22)2)25-18-30-32-27(25)26-10-7-8-20(3)31-26/h4,7-8,10-12,14,16,18,24,28-29H,2,5-6,9,15,17H2,1,3H3,(H,30,32)/b22-16-,23-4+. The number of pyridine rings is 1. The van der Waals surface area contributed by atoms with Gasteiger partial charge in [-0.1, -0.05) is 31.2 Å². The van der Waals surface area contributed by atoms with Gasteiger partial charge in [-0.15, -0.1) is 5.73 Å². The Morgan fingerprint density at radius 3 is 3.00 bits per heavy atom. The first kappa shape index (κ1) is 21.8. The Hall–Kier alpha value is -3.40. The van der Waals surface area contributed by atoms with E-state index < -0.39 is 0 Å². The molecule has 1 aliphatic carbocycles. The Balaban J connectivity index is 1.57. The maximum absolute atomic E-state index is 4.64. The maximum atomic E-state index is 4.64. The lowest BCUT2D eigenvalue weighted by Gasteiger charge is -2.24. The minimum absolute atomic E-state index is 0.533. The van der Waals surface area contributed by atoms with Crippen molar-refractivity contribution in [2.24, 2.45) is 0 Å². The van der Waals surface area contributed by atoms with Crippen LogP contribution in [0.1, 0.15) is 37.4 Å². The molecule has 0 saturated carbocycles. The van der Waals surface area contributed by atoms with E-state index in [0.29, 0.717) is 6.04 Å². The lowest BCUT2D eigenvalue weighted by Crippen LogP contribution is -2.41. The summed E-state index contributed by atoms with van der Waals surface area (Å²) in [5.41, 5.74) is 11.2. The van der Waals surface area contributed by atoms with E-state index in [-0.39, 0.29) is 0 Å². The fraction of sp³-hybridized carbons (Fsp3) is 0.296. The fourth-order valence-corrected chi connectivity index (χ4v) is 3.99. The Morgan fingerprint density at radius 1 is 1.31 bits per heavy atom. The average molecular weight is 426 g/mol. The Morgan fingerprint density at radius 2 is 2.22 bits per heavy atom. The van der Waals surface area contributed by atoms with Crippen LogP contribution in [0.4, 0.5) is 0 Å². The van der Waals surface area contributed by atoms with Gasteiger partial charge >= 0.3 is 0 Å². The molecule has 1 atom stereocenters. The number of nitrogens with zero attached hydrogens (tertiary/aromatic N) is 2. The Kier molecular flexibility index (Phi) is 7.00. The van der Waals surface area contributed by atoms with Gasteiger partial charge in [-0.3, -0.25) is 10.1 Å². The monoisotopic (exact) mass is 425 g/mol. The summed E-state index contributed by atoms with van der Waals surface area (Å²) in [6, 6.07) is 6.52. The summed E-state index contributed by atoms with van der Waals surface area (Å²) in [5.74, 6) is 0. The smallest absolute Gasteiger partial charge is 0.0919 e. The van der Waals surface area contributed by atoms with Crippen molar-refractivity contribution >= 4 is 5.57 Å². The number of hydrogen-bond acceptors (Lipinski definition) is 4.